The zero-order chi connectivity index (χ0) is 20.2. The number of nitrogens with zero attached hydrogens (tertiary/aromatic N) is 4. The Morgan fingerprint density at radius 2 is 2.21 bits per heavy atom. The third-order valence-corrected chi connectivity index (χ3v) is 5.27. The van der Waals surface area contributed by atoms with Crippen molar-refractivity contribution in [3.05, 3.63) is 47.4 Å². The van der Waals surface area contributed by atoms with Crippen LogP contribution >= 0.6 is 0 Å². The summed E-state index contributed by atoms with van der Waals surface area (Å²) < 4.78 is 7.21. The van der Waals surface area contributed by atoms with Gasteiger partial charge in [-0.1, -0.05) is 17.7 Å². The quantitative estimate of drug-likeness (QED) is 0.632. The summed E-state index contributed by atoms with van der Waals surface area (Å²) in [5, 5.41) is 11.1. The lowest BCUT2D eigenvalue weighted by molar-refractivity contribution is -0.120. The number of nitrogens with one attached hydrogen (secondary N) is 2. The molecule has 8 nitrogen and oxygen atoms in total. The smallest absolute Gasteiger partial charge is 0.224 e. The van der Waals surface area contributed by atoms with Gasteiger partial charge < -0.3 is 15.4 Å². The van der Waals surface area contributed by atoms with E-state index >= 15 is 0 Å². The van der Waals surface area contributed by atoms with Gasteiger partial charge in [-0.3, -0.25) is 4.79 Å². The van der Waals surface area contributed by atoms with Gasteiger partial charge in [-0.25, -0.2) is 14.6 Å². The minimum absolute atomic E-state index is 0.0448. The second-order valence-electron chi connectivity index (χ2n) is 7.37. The van der Waals surface area contributed by atoms with Crippen molar-refractivity contribution in [1.29, 1.82) is 0 Å². The van der Waals surface area contributed by atoms with Gasteiger partial charge in [0.1, 0.15) is 11.3 Å². The average molecular weight is 394 g/mol. The zero-order valence-corrected chi connectivity index (χ0v) is 16.8. The summed E-state index contributed by atoms with van der Waals surface area (Å²) in [6, 6.07) is 5.85. The minimum Gasteiger partial charge on any atom is -0.496 e. The Hall–Kier alpha value is -3.00. The monoisotopic (exact) mass is 394 g/mol. The summed E-state index contributed by atoms with van der Waals surface area (Å²) in [5.74, 6) is 1.05. The minimum atomic E-state index is -0.0448. The average Bonchev–Trinajstić information content (AvgIpc) is 3.36. The third kappa shape index (κ3) is 4.22. The molecule has 2 aromatic heterocycles. The first kappa shape index (κ1) is 19.3. The highest BCUT2D eigenvalue weighted by Crippen LogP contribution is 2.26. The highest BCUT2D eigenvalue weighted by Gasteiger charge is 2.24. The van der Waals surface area contributed by atoms with E-state index in [-0.39, 0.29) is 12.3 Å². The van der Waals surface area contributed by atoms with Crippen LogP contribution in [0.4, 0.5) is 0 Å². The van der Waals surface area contributed by atoms with Gasteiger partial charge in [0.25, 0.3) is 0 Å². The third-order valence-electron chi connectivity index (χ3n) is 5.27. The number of aromatic nitrogens is 4. The van der Waals surface area contributed by atoms with E-state index in [9.17, 15) is 4.79 Å². The number of hydrogen-bond acceptors (Lipinski definition) is 6. The Labute approximate surface area is 169 Å². The standard InChI is InChI=1S/C21H26N6O2/c1-14-3-4-17(29-2)16(11-14)12-18(28)23-9-10-27-21-20(24-7-8-25-21)19(26-27)15-5-6-22-13-15/h3-4,7-8,11,15,22H,5-6,9-10,12-13H2,1-2H3,(H,23,28). The van der Waals surface area contributed by atoms with Gasteiger partial charge in [0.15, 0.2) is 5.65 Å². The van der Waals surface area contributed by atoms with Crippen LogP contribution in [0.3, 0.4) is 0 Å². The van der Waals surface area contributed by atoms with E-state index in [2.05, 4.69) is 20.6 Å². The molecule has 8 heteroatoms. The van der Waals surface area contributed by atoms with E-state index in [4.69, 9.17) is 9.84 Å². The number of fused-ring (bicyclic) bond motifs is 1. The molecule has 0 bridgehead atoms. The van der Waals surface area contributed by atoms with Gasteiger partial charge in [-0.15, -0.1) is 0 Å². The van der Waals surface area contributed by atoms with Crippen LogP contribution < -0.4 is 15.4 Å². The molecule has 0 saturated carbocycles. The Balaban J connectivity index is 1.41. The van der Waals surface area contributed by atoms with Gasteiger partial charge in [-0.2, -0.15) is 5.10 Å². The number of methoxy groups -OCH3 is 1. The first-order valence-corrected chi connectivity index (χ1v) is 9.94. The number of carbonyl (C=O) groups excluding carboxylic acids is 1. The van der Waals surface area contributed by atoms with Crippen molar-refractivity contribution in [3.63, 3.8) is 0 Å². The van der Waals surface area contributed by atoms with Crippen molar-refractivity contribution >= 4 is 17.1 Å². The molecule has 0 radical (unpaired) electrons. The number of benzene rings is 1. The molecule has 1 saturated heterocycles. The van der Waals surface area contributed by atoms with Crippen molar-refractivity contribution < 1.29 is 9.53 Å². The normalized spacial score (nSPS) is 16.3. The molecule has 1 aliphatic heterocycles. The van der Waals surface area contributed by atoms with E-state index in [1.165, 1.54) is 0 Å². The lowest BCUT2D eigenvalue weighted by Gasteiger charge is -2.10. The van der Waals surface area contributed by atoms with E-state index in [1.54, 1.807) is 19.5 Å². The van der Waals surface area contributed by atoms with Gasteiger partial charge >= 0.3 is 0 Å². The van der Waals surface area contributed by atoms with Crippen LogP contribution in [0.5, 0.6) is 5.75 Å². The molecule has 29 heavy (non-hydrogen) atoms. The zero-order valence-electron chi connectivity index (χ0n) is 16.8. The molecule has 1 aliphatic rings. The Morgan fingerprint density at radius 1 is 1.34 bits per heavy atom. The molecule has 152 valence electrons. The Kier molecular flexibility index (Phi) is 5.71. The molecule has 2 N–H and O–H groups in total. The number of ether oxygens (including phenoxy) is 1. The van der Waals surface area contributed by atoms with Crippen LogP contribution in [0, 0.1) is 6.92 Å². The first-order valence-electron chi connectivity index (χ1n) is 9.94. The van der Waals surface area contributed by atoms with Crippen LogP contribution in [0.25, 0.3) is 11.2 Å². The largest absolute Gasteiger partial charge is 0.496 e. The number of hydrogen-bond donors (Lipinski definition) is 2. The highest BCUT2D eigenvalue weighted by atomic mass is 16.5. The van der Waals surface area contributed by atoms with Gasteiger partial charge in [-0.05, 0) is 26.0 Å². The number of aryl methyl sites for hydroxylation is 1. The van der Waals surface area contributed by atoms with Crippen LogP contribution in [0.2, 0.25) is 0 Å². The molecule has 0 aliphatic carbocycles. The van der Waals surface area contributed by atoms with E-state index in [0.29, 0.717) is 19.0 Å². The first-order chi connectivity index (χ1) is 14.2. The molecule has 0 spiro atoms. The SMILES string of the molecule is COc1ccc(C)cc1CC(=O)NCCn1nc(C2CCNC2)c2nccnc21. The van der Waals surface area contributed by atoms with Crippen molar-refractivity contribution in [2.75, 3.05) is 26.7 Å². The second kappa shape index (κ2) is 8.57. The second-order valence-corrected chi connectivity index (χ2v) is 7.37. The molecule has 1 atom stereocenters. The topological polar surface area (TPSA) is 94.0 Å². The summed E-state index contributed by atoms with van der Waals surface area (Å²) in [4.78, 5) is 21.4. The maximum absolute atomic E-state index is 12.4. The molecule has 1 unspecified atom stereocenters. The predicted molar refractivity (Wildman–Crippen MR) is 110 cm³/mol. The van der Waals surface area contributed by atoms with Gasteiger partial charge in [0.05, 0.1) is 25.8 Å². The van der Waals surface area contributed by atoms with Gasteiger partial charge in [0, 0.05) is 37.0 Å². The fraction of sp³-hybridized carbons (Fsp3) is 0.429. The Morgan fingerprint density at radius 3 is 3.00 bits per heavy atom. The maximum Gasteiger partial charge on any atom is 0.224 e. The van der Waals surface area contributed by atoms with E-state index in [0.717, 1.165) is 53.2 Å². The lowest BCUT2D eigenvalue weighted by atomic mass is 10.0. The van der Waals surface area contributed by atoms with Gasteiger partial charge in [0.2, 0.25) is 5.91 Å². The number of rotatable bonds is 7. The van der Waals surface area contributed by atoms with Crippen molar-refractivity contribution in [1.82, 2.24) is 30.4 Å². The molecular weight excluding hydrogens is 368 g/mol. The van der Waals surface area contributed by atoms with Crippen LogP contribution in [-0.2, 0) is 17.8 Å². The lowest BCUT2D eigenvalue weighted by Crippen LogP contribution is -2.29. The fourth-order valence-electron chi connectivity index (χ4n) is 3.83. The molecular formula is C21H26N6O2. The van der Waals surface area contributed by atoms with Crippen LogP contribution in [0.1, 0.15) is 29.2 Å². The van der Waals surface area contributed by atoms with E-state index < -0.39 is 0 Å². The fourth-order valence-corrected chi connectivity index (χ4v) is 3.83. The van der Waals surface area contributed by atoms with Crippen molar-refractivity contribution in [2.45, 2.75) is 32.2 Å². The summed E-state index contributed by atoms with van der Waals surface area (Å²) >= 11 is 0. The van der Waals surface area contributed by atoms with Crippen molar-refractivity contribution in [3.8, 4) is 5.75 Å². The number of amides is 1. The van der Waals surface area contributed by atoms with Crippen LogP contribution in [-0.4, -0.2) is 52.4 Å². The molecule has 4 rings (SSSR count). The molecule has 1 fully saturated rings. The summed E-state index contributed by atoms with van der Waals surface area (Å²) in [6.45, 7) is 4.94. The maximum atomic E-state index is 12.4. The Bertz CT molecular complexity index is 1010. The number of carbonyl (C=O) groups is 1. The van der Waals surface area contributed by atoms with Crippen molar-refractivity contribution in [2.24, 2.45) is 0 Å². The highest BCUT2D eigenvalue weighted by molar-refractivity contribution is 5.79. The summed E-state index contributed by atoms with van der Waals surface area (Å²) in [6.07, 6.45) is 4.72. The van der Waals surface area contributed by atoms with E-state index in [1.807, 2.05) is 29.8 Å². The molecule has 1 amide bonds. The van der Waals surface area contributed by atoms with Crippen LogP contribution in [0.15, 0.2) is 30.6 Å². The molecule has 3 aromatic rings. The summed E-state index contributed by atoms with van der Waals surface area (Å²) in [5.41, 5.74) is 4.61. The molecule has 1 aromatic carbocycles. The summed E-state index contributed by atoms with van der Waals surface area (Å²) in [7, 11) is 1.62. The predicted octanol–water partition coefficient (Wildman–Crippen LogP) is 1.58. The molecule has 3 heterocycles.